The normalized spacial score (nSPS) is 11.4. The van der Waals surface area contributed by atoms with E-state index in [4.69, 9.17) is 0 Å². The molecule has 0 aliphatic rings. The maximum atomic E-state index is 12.8. The second-order valence-electron chi connectivity index (χ2n) is 7.93. The van der Waals surface area contributed by atoms with Crippen LogP contribution in [0.1, 0.15) is 102 Å². The van der Waals surface area contributed by atoms with Gasteiger partial charge < -0.3 is 4.57 Å². The zero-order valence-electron chi connectivity index (χ0n) is 18.3. The van der Waals surface area contributed by atoms with Crippen LogP contribution in [0.25, 0.3) is 11.2 Å². The molecule has 0 saturated heterocycles. The molecule has 0 bridgehead atoms. The van der Waals surface area contributed by atoms with Crippen LogP contribution in [0.5, 0.6) is 0 Å². The number of aromatic amines is 1. The smallest absolute Gasteiger partial charge is 0.316 e. The van der Waals surface area contributed by atoms with Gasteiger partial charge >= 0.3 is 5.69 Å². The highest BCUT2D eigenvalue weighted by Gasteiger charge is 2.21. The Morgan fingerprint density at radius 2 is 1.48 bits per heavy atom. The number of carbonyl (C=O) groups is 1. The maximum Gasteiger partial charge on any atom is 0.329 e. The largest absolute Gasteiger partial charge is 0.329 e. The quantitative estimate of drug-likeness (QED) is 0.375. The van der Waals surface area contributed by atoms with E-state index in [2.05, 4.69) is 23.8 Å². The summed E-state index contributed by atoms with van der Waals surface area (Å²) in [5, 5.41) is 0. The Bertz CT molecular complexity index is 907. The molecule has 2 heterocycles. The number of H-pyrrole nitrogens is 1. The van der Waals surface area contributed by atoms with Gasteiger partial charge in [0.05, 0.1) is 0 Å². The molecule has 0 aromatic carbocycles. The average Bonchev–Trinajstić information content (AvgIpc) is 3.08. The topological polar surface area (TPSA) is 89.8 Å². The van der Waals surface area contributed by atoms with Gasteiger partial charge in [0.1, 0.15) is 0 Å². The fraction of sp³-hybridized carbons (Fsp3) is 0.727. The number of Topliss-reactive ketones (excluding diaryl/α,β-unsaturated/α-hetero) is 1. The Morgan fingerprint density at radius 3 is 2.14 bits per heavy atom. The standard InChI is InChI=1S/C22H36N4O3/c1-4-6-8-9-10-11-12-14-16-26-18-20(25(3)22(29)24-21(18)28)23-19(26)17(27)15-13-7-5-2/h4-16H2,1-3H3,(H,24,28,29). The van der Waals surface area contributed by atoms with Crippen LogP contribution in [0, 0.1) is 0 Å². The zero-order chi connectivity index (χ0) is 21.2. The van der Waals surface area contributed by atoms with Crippen molar-refractivity contribution in [2.75, 3.05) is 0 Å². The van der Waals surface area contributed by atoms with E-state index in [9.17, 15) is 14.4 Å². The van der Waals surface area contributed by atoms with Crippen molar-refractivity contribution in [2.24, 2.45) is 7.05 Å². The lowest BCUT2D eigenvalue weighted by Gasteiger charge is -2.08. The van der Waals surface area contributed by atoms with Crippen LogP contribution in [0.15, 0.2) is 9.59 Å². The van der Waals surface area contributed by atoms with E-state index in [1.807, 2.05) is 0 Å². The first-order valence-electron chi connectivity index (χ1n) is 11.2. The second-order valence-corrected chi connectivity index (χ2v) is 7.93. The average molecular weight is 405 g/mol. The summed E-state index contributed by atoms with van der Waals surface area (Å²) in [6, 6.07) is 0. The Kier molecular flexibility index (Phi) is 9.35. The Hall–Kier alpha value is -2.18. The van der Waals surface area contributed by atoms with Gasteiger partial charge in [0.2, 0.25) is 0 Å². The van der Waals surface area contributed by atoms with Crippen molar-refractivity contribution in [1.82, 2.24) is 19.1 Å². The number of carbonyl (C=O) groups excluding carboxylic acids is 1. The van der Waals surface area contributed by atoms with Gasteiger partial charge in [-0.1, -0.05) is 71.6 Å². The van der Waals surface area contributed by atoms with Crippen molar-refractivity contribution in [1.29, 1.82) is 0 Å². The molecule has 2 aromatic rings. The summed E-state index contributed by atoms with van der Waals surface area (Å²) in [6.07, 6.45) is 12.7. The van der Waals surface area contributed by atoms with Gasteiger partial charge in [-0.25, -0.2) is 9.78 Å². The molecule has 2 rings (SSSR count). The van der Waals surface area contributed by atoms with Crippen molar-refractivity contribution in [3.63, 3.8) is 0 Å². The van der Waals surface area contributed by atoms with Crippen LogP contribution in [-0.4, -0.2) is 24.9 Å². The monoisotopic (exact) mass is 404 g/mol. The highest BCUT2D eigenvalue weighted by Crippen LogP contribution is 2.16. The summed E-state index contributed by atoms with van der Waals surface area (Å²) in [4.78, 5) is 43.9. The molecule has 0 aliphatic carbocycles. The van der Waals surface area contributed by atoms with Crippen molar-refractivity contribution in [3.8, 4) is 0 Å². The predicted molar refractivity (Wildman–Crippen MR) is 117 cm³/mol. The number of hydrogen-bond acceptors (Lipinski definition) is 4. The third kappa shape index (κ3) is 6.15. The van der Waals surface area contributed by atoms with Gasteiger partial charge in [-0.2, -0.15) is 0 Å². The molecule has 29 heavy (non-hydrogen) atoms. The van der Waals surface area contributed by atoms with Crippen molar-refractivity contribution in [3.05, 3.63) is 26.7 Å². The minimum atomic E-state index is -0.510. The van der Waals surface area contributed by atoms with Gasteiger partial charge in [-0.3, -0.25) is 19.1 Å². The molecule has 1 N–H and O–H groups in total. The van der Waals surface area contributed by atoms with Gasteiger partial charge in [-0.05, 0) is 12.8 Å². The van der Waals surface area contributed by atoms with E-state index in [0.29, 0.717) is 24.3 Å². The lowest BCUT2D eigenvalue weighted by Crippen LogP contribution is -2.29. The number of aromatic nitrogens is 4. The molecule has 0 aliphatic heterocycles. The first kappa shape index (κ1) is 23.1. The molecule has 0 saturated carbocycles. The Labute approximate surface area is 172 Å². The molecule has 0 radical (unpaired) electrons. The molecular weight excluding hydrogens is 368 g/mol. The van der Waals surface area contributed by atoms with E-state index >= 15 is 0 Å². The highest BCUT2D eigenvalue weighted by molar-refractivity contribution is 5.95. The highest BCUT2D eigenvalue weighted by atomic mass is 16.2. The lowest BCUT2D eigenvalue weighted by atomic mass is 10.1. The summed E-state index contributed by atoms with van der Waals surface area (Å²) in [7, 11) is 1.57. The number of hydrogen-bond donors (Lipinski definition) is 1. The van der Waals surface area contributed by atoms with Crippen LogP contribution >= 0.6 is 0 Å². The van der Waals surface area contributed by atoms with Crippen molar-refractivity contribution in [2.45, 2.75) is 97.4 Å². The third-order valence-corrected chi connectivity index (χ3v) is 5.50. The first-order valence-corrected chi connectivity index (χ1v) is 11.2. The number of imidazole rings is 1. The number of nitrogens with one attached hydrogen (secondary N) is 1. The lowest BCUT2D eigenvalue weighted by molar-refractivity contribution is 0.0965. The fourth-order valence-corrected chi connectivity index (χ4v) is 3.72. The van der Waals surface area contributed by atoms with Crippen LogP contribution < -0.4 is 11.2 Å². The molecule has 7 heteroatoms. The molecule has 2 aromatic heterocycles. The number of nitrogens with zero attached hydrogens (tertiary/aromatic N) is 3. The molecule has 162 valence electrons. The number of unbranched alkanes of at least 4 members (excludes halogenated alkanes) is 9. The maximum absolute atomic E-state index is 12.8. The van der Waals surface area contributed by atoms with E-state index < -0.39 is 11.2 Å². The van der Waals surface area contributed by atoms with Crippen LogP contribution in [-0.2, 0) is 13.6 Å². The van der Waals surface area contributed by atoms with E-state index in [0.717, 1.165) is 38.5 Å². The summed E-state index contributed by atoms with van der Waals surface area (Å²) >= 11 is 0. The molecule has 7 nitrogen and oxygen atoms in total. The molecule has 0 unspecified atom stereocenters. The Balaban J connectivity index is 2.16. The summed E-state index contributed by atoms with van der Waals surface area (Å²) in [6.45, 7) is 4.88. The van der Waals surface area contributed by atoms with Gasteiger partial charge in [0, 0.05) is 20.0 Å². The van der Waals surface area contributed by atoms with Crippen molar-refractivity contribution >= 4 is 16.9 Å². The Morgan fingerprint density at radius 1 is 0.897 bits per heavy atom. The van der Waals surface area contributed by atoms with E-state index in [-0.39, 0.29) is 11.4 Å². The van der Waals surface area contributed by atoms with Crippen LogP contribution in [0.4, 0.5) is 0 Å². The molecule has 0 spiro atoms. The number of aryl methyl sites for hydroxylation is 2. The van der Waals surface area contributed by atoms with Crippen LogP contribution in [0.3, 0.4) is 0 Å². The van der Waals surface area contributed by atoms with E-state index in [1.54, 1.807) is 11.6 Å². The summed E-state index contributed by atoms with van der Waals surface area (Å²) in [5.74, 6) is 0.256. The van der Waals surface area contributed by atoms with Gasteiger partial charge in [-0.15, -0.1) is 0 Å². The number of ketones is 1. The SMILES string of the molecule is CCCCCCCCCCn1c(C(=O)CCCCC)nc2c1c(=O)[nH]c(=O)n2C. The van der Waals surface area contributed by atoms with Gasteiger partial charge in [0.15, 0.2) is 22.8 Å². The second kappa shape index (κ2) is 11.7. The first-order chi connectivity index (χ1) is 14.0. The molecule has 0 amide bonds. The predicted octanol–water partition coefficient (Wildman–Crippen LogP) is 4.33. The molecular formula is C22H36N4O3. The van der Waals surface area contributed by atoms with Gasteiger partial charge in [0.25, 0.3) is 5.56 Å². The van der Waals surface area contributed by atoms with Crippen LogP contribution in [0.2, 0.25) is 0 Å². The minimum Gasteiger partial charge on any atom is -0.316 e. The summed E-state index contributed by atoms with van der Waals surface area (Å²) in [5.41, 5.74) is -0.363. The van der Waals surface area contributed by atoms with E-state index in [1.165, 1.54) is 36.7 Å². The number of fused-ring (bicyclic) bond motifs is 1. The fourth-order valence-electron chi connectivity index (χ4n) is 3.72. The minimum absolute atomic E-state index is 0.0546. The third-order valence-electron chi connectivity index (χ3n) is 5.50. The van der Waals surface area contributed by atoms with Crippen molar-refractivity contribution < 1.29 is 4.79 Å². The molecule has 0 atom stereocenters. The molecule has 0 fully saturated rings. The summed E-state index contributed by atoms with van der Waals surface area (Å²) < 4.78 is 3.04. The zero-order valence-corrected chi connectivity index (χ0v) is 18.3. The number of rotatable bonds is 14.